The van der Waals surface area contributed by atoms with Crippen molar-refractivity contribution < 1.29 is 14.3 Å². The van der Waals surface area contributed by atoms with Crippen molar-refractivity contribution in [1.29, 1.82) is 0 Å². The predicted molar refractivity (Wildman–Crippen MR) is 76.9 cm³/mol. The Bertz CT molecular complexity index is 542. The van der Waals surface area contributed by atoms with Crippen molar-refractivity contribution in [1.82, 2.24) is 30.0 Å². The first kappa shape index (κ1) is 16.2. The Balaban J connectivity index is 1.83. The van der Waals surface area contributed by atoms with Crippen LogP contribution in [0.4, 0.5) is 4.79 Å². The van der Waals surface area contributed by atoms with Gasteiger partial charge in [0, 0.05) is 33.2 Å². The maximum atomic E-state index is 12.2. The zero-order valence-corrected chi connectivity index (χ0v) is 13.4. The van der Waals surface area contributed by atoms with Crippen LogP contribution in [0.25, 0.3) is 0 Å². The molecular weight excluding hydrogens is 288 g/mol. The van der Waals surface area contributed by atoms with Crippen LogP contribution in [0.2, 0.25) is 0 Å². The van der Waals surface area contributed by atoms with Gasteiger partial charge in [0.1, 0.15) is 5.60 Å². The molecule has 0 saturated carbocycles. The van der Waals surface area contributed by atoms with Crippen LogP contribution in [0.3, 0.4) is 0 Å². The highest BCUT2D eigenvalue weighted by Gasteiger charge is 2.28. The molecule has 9 nitrogen and oxygen atoms in total. The molecule has 0 atom stereocenters. The molecule has 1 aromatic heterocycles. The molecule has 0 unspecified atom stereocenters. The molecule has 1 fully saturated rings. The van der Waals surface area contributed by atoms with E-state index in [0.717, 1.165) is 0 Å². The van der Waals surface area contributed by atoms with Gasteiger partial charge in [-0.25, -0.2) is 9.48 Å². The molecule has 0 bridgehead atoms. The smallest absolute Gasteiger partial charge is 0.410 e. The van der Waals surface area contributed by atoms with Crippen LogP contribution in [0.5, 0.6) is 0 Å². The lowest BCUT2D eigenvalue weighted by atomic mass is 10.2. The van der Waals surface area contributed by atoms with Crippen LogP contribution in [0, 0.1) is 0 Å². The average Bonchev–Trinajstić information content (AvgIpc) is 2.82. The molecule has 2 amide bonds. The number of aromatic nitrogens is 4. The fourth-order valence-electron chi connectivity index (χ4n) is 2.11. The molecule has 0 aliphatic carbocycles. The average molecular weight is 310 g/mol. The lowest BCUT2D eigenvalue weighted by Gasteiger charge is -2.35. The van der Waals surface area contributed by atoms with E-state index in [-0.39, 0.29) is 18.4 Å². The highest BCUT2D eigenvalue weighted by molar-refractivity contribution is 5.78. The summed E-state index contributed by atoms with van der Waals surface area (Å²) in [5.74, 6) is 0.487. The van der Waals surface area contributed by atoms with E-state index in [0.29, 0.717) is 32.0 Å². The first-order valence-electron chi connectivity index (χ1n) is 7.23. The van der Waals surface area contributed by atoms with Crippen LogP contribution in [0.1, 0.15) is 26.6 Å². The van der Waals surface area contributed by atoms with E-state index in [1.807, 2.05) is 20.8 Å². The van der Waals surface area contributed by atoms with Gasteiger partial charge in [-0.3, -0.25) is 4.79 Å². The number of hydrogen-bond donors (Lipinski definition) is 0. The highest BCUT2D eigenvalue weighted by atomic mass is 16.6. The molecular formula is C13H22N6O3. The standard InChI is InChI=1S/C13H22N6O3/c1-13(2,3)22-12(21)19-7-5-18(6-8-19)11(20)9-10-14-15-16-17(10)4/h5-9H2,1-4H3. The number of nitrogens with zero attached hydrogens (tertiary/aromatic N) is 6. The van der Waals surface area contributed by atoms with E-state index in [1.165, 1.54) is 4.68 Å². The fourth-order valence-corrected chi connectivity index (χ4v) is 2.11. The molecule has 2 rings (SSSR count). The molecule has 1 aliphatic heterocycles. The number of rotatable bonds is 2. The van der Waals surface area contributed by atoms with Crippen molar-refractivity contribution in [3.05, 3.63) is 5.82 Å². The Labute approximate surface area is 129 Å². The second-order valence-electron chi connectivity index (χ2n) is 6.24. The predicted octanol–water partition coefficient (Wildman–Crippen LogP) is -0.168. The summed E-state index contributed by atoms with van der Waals surface area (Å²) in [4.78, 5) is 27.5. The maximum Gasteiger partial charge on any atom is 0.410 e. The van der Waals surface area contributed by atoms with Gasteiger partial charge in [0.15, 0.2) is 5.82 Å². The number of carbonyl (C=O) groups is 2. The number of hydrogen-bond acceptors (Lipinski definition) is 6. The Morgan fingerprint density at radius 2 is 1.73 bits per heavy atom. The minimum atomic E-state index is -0.512. The van der Waals surface area contributed by atoms with Crippen LogP contribution in [0.15, 0.2) is 0 Å². The van der Waals surface area contributed by atoms with E-state index in [2.05, 4.69) is 15.5 Å². The molecule has 22 heavy (non-hydrogen) atoms. The summed E-state index contributed by atoms with van der Waals surface area (Å²) in [7, 11) is 1.70. The number of aryl methyl sites for hydroxylation is 1. The van der Waals surface area contributed by atoms with Gasteiger partial charge in [0.05, 0.1) is 6.42 Å². The maximum absolute atomic E-state index is 12.2. The molecule has 1 aliphatic rings. The number of amides is 2. The molecule has 0 spiro atoms. The van der Waals surface area contributed by atoms with E-state index < -0.39 is 5.60 Å². The lowest BCUT2D eigenvalue weighted by Crippen LogP contribution is -2.52. The zero-order valence-electron chi connectivity index (χ0n) is 13.4. The Morgan fingerprint density at radius 1 is 1.14 bits per heavy atom. The minimum Gasteiger partial charge on any atom is -0.444 e. The fraction of sp³-hybridized carbons (Fsp3) is 0.769. The lowest BCUT2D eigenvalue weighted by molar-refractivity contribution is -0.132. The Hall–Kier alpha value is -2.19. The zero-order chi connectivity index (χ0) is 16.3. The van der Waals surface area contributed by atoms with E-state index in [9.17, 15) is 9.59 Å². The summed E-state index contributed by atoms with van der Waals surface area (Å²) in [6.45, 7) is 7.42. The van der Waals surface area contributed by atoms with E-state index in [1.54, 1.807) is 16.8 Å². The minimum absolute atomic E-state index is 0.0401. The van der Waals surface area contributed by atoms with Gasteiger partial charge in [-0.15, -0.1) is 5.10 Å². The van der Waals surface area contributed by atoms with Crippen LogP contribution in [-0.2, 0) is 23.0 Å². The second kappa shape index (κ2) is 6.29. The van der Waals surface area contributed by atoms with Crippen molar-refractivity contribution in [2.24, 2.45) is 7.05 Å². The molecule has 2 heterocycles. The van der Waals surface area contributed by atoms with Gasteiger partial charge in [0.25, 0.3) is 0 Å². The summed E-state index contributed by atoms with van der Waals surface area (Å²) < 4.78 is 6.81. The summed E-state index contributed by atoms with van der Waals surface area (Å²) in [6.07, 6.45) is -0.173. The third kappa shape index (κ3) is 4.15. The van der Waals surface area contributed by atoms with Gasteiger partial charge < -0.3 is 14.5 Å². The molecule has 122 valence electrons. The van der Waals surface area contributed by atoms with E-state index >= 15 is 0 Å². The summed E-state index contributed by atoms with van der Waals surface area (Å²) >= 11 is 0. The molecule has 1 saturated heterocycles. The van der Waals surface area contributed by atoms with Crippen LogP contribution in [-0.4, -0.2) is 73.8 Å². The quantitative estimate of drug-likeness (QED) is 0.753. The van der Waals surface area contributed by atoms with Crippen LogP contribution >= 0.6 is 0 Å². The first-order chi connectivity index (χ1) is 10.3. The van der Waals surface area contributed by atoms with Gasteiger partial charge in [-0.05, 0) is 31.2 Å². The molecule has 0 N–H and O–H groups in total. The van der Waals surface area contributed by atoms with Crippen molar-refractivity contribution in [2.45, 2.75) is 32.8 Å². The Morgan fingerprint density at radius 3 is 2.23 bits per heavy atom. The molecule has 0 aromatic carbocycles. The largest absolute Gasteiger partial charge is 0.444 e. The number of tetrazole rings is 1. The monoisotopic (exact) mass is 310 g/mol. The van der Waals surface area contributed by atoms with Gasteiger partial charge in [0.2, 0.25) is 5.91 Å². The van der Waals surface area contributed by atoms with Gasteiger partial charge in [-0.2, -0.15) is 0 Å². The van der Waals surface area contributed by atoms with Crippen LogP contribution < -0.4 is 0 Å². The summed E-state index contributed by atoms with van der Waals surface area (Å²) in [5, 5.41) is 11.0. The Kier molecular flexibility index (Phi) is 4.62. The second-order valence-corrected chi connectivity index (χ2v) is 6.24. The summed E-state index contributed by atoms with van der Waals surface area (Å²) in [5.41, 5.74) is -0.512. The third-order valence-electron chi connectivity index (χ3n) is 3.30. The first-order valence-corrected chi connectivity index (χ1v) is 7.23. The van der Waals surface area contributed by atoms with Gasteiger partial charge in [-0.1, -0.05) is 0 Å². The van der Waals surface area contributed by atoms with Gasteiger partial charge >= 0.3 is 6.09 Å². The van der Waals surface area contributed by atoms with Crippen molar-refractivity contribution in [3.8, 4) is 0 Å². The normalized spacial score (nSPS) is 15.8. The number of carbonyl (C=O) groups excluding carboxylic acids is 2. The number of piperazine rings is 1. The highest BCUT2D eigenvalue weighted by Crippen LogP contribution is 2.12. The number of ether oxygens (including phenoxy) is 1. The SMILES string of the molecule is Cn1nnnc1CC(=O)N1CCN(C(=O)OC(C)(C)C)CC1. The molecule has 0 radical (unpaired) electrons. The summed E-state index contributed by atoms with van der Waals surface area (Å²) in [6, 6.07) is 0. The van der Waals surface area contributed by atoms with Crippen molar-refractivity contribution in [2.75, 3.05) is 26.2 Å². The van der Waals surface area contributed by atoms with Crippen molar-refractivity contribution in [3.63, 3.8) is 0 Å². The molecule has 1 aromatic rings. The van der Waals surface area contributed by atoms with E-state index in [4.69, 9.17) is 4.74 Å². The topological polar surface area (TPSA) is 93.5 Å². The molecule has 9 heteroatoms. The third-order valence-corrected chi connectivity index (χ3v) is 3.30. The van der Waals surface area contributed by atoms with Crippen molar-refractivity contribution >= 4 is 12.0 Å².